The van der Waals surface area contributed by atoms with E-state index < -0.39 is 5.97 Å². The third-order valence-corrected chi connectivity index (χ3v) is 2.48. The first-order valence-corrected chi connectivity index (χ1v) is 4.95. The minimum Gasteiger partial charge on any atom is -0.478 e. The average molecular weight is 217 g/mol. The van der Waals surface area contributed by atoms with Gasteiger partial charge in [-0.05, 0) is 11.6 Å². The van der Waals surface area contributed by atoms with Gasteiger partial charge in [-0.3, -0.25) is 4.79 Å². The van der Waals surface area contributed by atoms with Gasteiger partial charge in [-0.2, -0.15) is 0 Å². The average Bonchev–Trinajstić information content (AvgIpc) is 2.56. The lowest BCUT2D eigenvalue weighted by Gasteiger charge is -2.11. The number of benzene rings is 1. The zero-order valence-electron chi connectivity index (χ0n) is 8.59. The molecule has 1 heterocycles. The van der Waals surface area contributed by atoms with Crippen LogP contribution >= 0.6 is 0 Å². The van der Waals surface area contributed by atoms with Crippen molar-refractivity contribution in [1.82, 2.24) is 4.90 Å². The molecular weight excluding hydrogens is 206 g/mol. The number of carbonyl (C=O) groups excluding carboxylic acids is 1. The highest BCUT2D eigenvalue weighted by Crippen LogP contribution is 2.21. The second kappa shape index (κ2) is 4.18. The Bertz CT molecular complexity index is 465. The first-order chi connectivity index (χ1) is 7.68. The number of fused-ring (bicyclic) bond motifs is 1. The van der Waals surface area contributed by atoms with E-state index in [1.165, 1.54) is 6.08 Å². The summed E-state index contributed by atoms with van der Waals surface area (Å²) in [5, 5.41) is 8.44. The maximum Gasteiger partial charge on any atom is 0.328 e. The van der Waals surface area contributed by atoms with Crippen LogP contribution in [0.3, 0.4) is 0 Å². The monoisotopic (exact) mass is 217 g/mol. The molecule has 2 rings (SSSR count). The van der Waals surface area contributed by atoms with Crippen molar-refractivity contribution in [2.24, 2.45) is 0 Å². The van der Waals surface area contributed by atoms with E-state index in [0.29, 0.717) is 18.7 Å². The van der Waals surface area contributed by atoms with E-state index in [9.17, 15) is 9.59 Å². The van der Waals surface area contributed by atoms with Crippen LogP contribution in [0.25, 0.3) is 0 Å². The first kappa shape index (κ1) is 10.4. The molecule has 0 saturated carbocycles. The number of hydrogen-bond donors (Lipinski definition) is 1. The van der Waals surface area contributed by atoms with Crippen LogP contribution in [0.5, 0.6) is 0 Å². The van der Waals surface area contributed by atoms with E-state index in [4.69, 9.17) is 5.11 Å². The molecule has 4 heteroatoms. The van der Waals surface area contributed by atoms with E-state index in [0.717, 1.165) is 11.6 Å². The molecule has 1 aliphatic rings. The summed E-state index contributed by atoms with van der Waals surface area (Å²) in [6, 6.07) is 7.42. The number of rotatable bonds is 3. The van der Waals surface area contributed by atoms with E-state index in [2.05, 4.69) is 0 Å². The van der Waals surface area contributed by atoms with Crippen LogP contribution in [0.1, 0.15) is 15.9 Å². The molecule has 0 fully saturated rings. The Morgan fingerprint density at radius 2 is 2.19 bits per heavy atom. The van der Waals surface area contributed by atoms with Gasteiger partial charge in [0.05, 0.1) is 0 Å². The van der Waals surface area contributed by atoms with Gasteiger partial charge in [0, 0.05) is 24.7 Å². The van der Waals surface area contributed by atoms with Crippen molar-refractivity contribution < 1.29 is 14.7 Å². The maximum absolute atomic E-state index is 11.8. The highest BCUT2D eigenvalue weighted by molar-refractivity contribution is 5.98. The number of carboxylic acid groups (broad SMARTS) is 1. The summed E-state index contributed by atoms with van der Waals surface area (Å²) in [4.78, 5) is 23.7. The topological polar surface area (TPSA) is 57.6 Å². The van der Waals surface area contributed by atoms with Gasteiger partial charge < -0.3 is 10.0 Å². The lowest BCUT2D eigenvalue weighted by molar-refractivity contribution is -0.131. The maximum atomic E-state index is 11.8. The van der Waals surface area contributed by atoms with Crippen LogP contribution in [-0.4, -0.2) is 28.4 Å². The van der Waals surface area contributed by atoms with E-state index in [1.54, 1.807) is 11.0 Å². The Kier molecular flexibility index (Phi) is 2.72. The second-order valence-electron chi connectivity index (χ2n) is 3.58. The van der Waals surface area contributed by atoms with Crippen LogP contribution < -0.4 is 0 Å². The van der Waals surface area contributed by atoms with Gasteiger partial charge in [-0.25, -0.2) is 4.79 Å². The summed E-state index contributed by atoms with van der Waals surface area (Å²) in [7, 11) is 0. The first-order valence-electron chi connectivity index (χ1n) is 4.95. The second-order valence-corrected chi connectivity index (χ2v) is 3.58. The molecule has 16 heavy (non-hydrogen) atoms. The highest BCUT2D eigenvalue weighted by Gasteiger charge is 2.25. The van der Waals surface area contributed by atoms with Crippen molar-refractivity contribution in [3.05, 3.63) is 47.5 Å². The van der Waals surface area contributed by atoms with Crippen molar-refractivity contribution in [2.75, 3.05) is 6.54 Å². The fourth-order valence-corrected chi connectivity index (χ4v) is 1.74. The normalized spacial score (nSPS) is 14.5. The molecule has 82 valence electrons. The van der Waals surface area contributed by atoms with Crippen LogP contribution in [0.4, 0.5) is 0 Å². The van der Waals surface area contributed by atoms with Crippen molar-refractivity contribution >= 4 is 11.9 Å². The van der Waals surface area contributed by atoms with Crippen molar-refractivity contribution in [2.45, 2.75) is 6.54 Å². The van der Waals surface area contributed by atoms with Gasteiger partial charge in [0.2, 0.25) is 0 Å². The molecular formula is C12H11NO3. The largest absolute Gasteiger partial charge is 0.478 e. The van der Waals surface area contributed by atoms with Gasteiger partial charge in [0.15, 0.2) is 0 Å². The number of carbonyl (C=O) groups is 2. The molecule has 0 atom stereocenters. The molecule has 1 aromatic carbocycles. The van der Waals surface area contributed by atoms with Gasteiger partial charge in [-0.1, -0.05) is 24.3 Å². The number of amides is 1. The molecule has 1 amide bonds. The number of aliphatic carboxylic acids is 1. The lowest BCUT2D eigenvalue weighted by Crippen LogP contribution is -2.23. The molecule has 1 N–H and O–H groups in total. The van der Waals surface area contributed by atoms with Crippen molar-refractivity contribution in [1.29, 1.82) is 0 Å². The Morgan fingerprint density at radius 3 is 2.88 bits per heavy atom. The van der Waals surface area contributed by atoms with E-state index >= 15 is 0 Å². The van der Waals surface area contributed by atoms with Gasteiger partial charge in [0.1, 0.15) is 0 Å². The molecule has 0 spiro atoms. The zero-order chi connectivity index (χ0) is 11.5. The molecule has 1 aliphatic heterocycles. The smallest absolute Gasteiger partial charge is 0.328 e. The molecule has 4 nitrogen and oxygen atoms in total. The third kappa shape index (κ3) is 1.95. The molecule has 0 radical (unpaired) electrons. The van der Waals surface area contributed by atoms with E-state index in [-0.39, 0.29) is 5.91 Å². The highest BCUT2D eigenvalue weighted by atomic mass is 16.4. The molecule has 0 unspecified atom stereocenters. The van der Waals surface area contributed by atoms with Crippen LogP contribution in [0, 0.1) is 0 Å². The van der Waals surface area contributed by atoms with Crippen LogP contribution in [-0.2, 0) is 11.3 Å². The zero-order valence-corrected chi connectivity index (χ0v) is 8.59. The number of hydrogen-bond acceptors (Lipinski definition) is 2. The van der Waals surface area contributed by atoms with Gasteiger partial charge in [-0.15, -0.1) is 0 Å². The predicted molar refractivity (Wildman–Crippen MR) is 58.0 cm³/mol. The summed E-state index contributed by atoms with van der Waals surface area (Å²) in [6.45, 7) is 0.888. The van der Waals surface area contributed by atoms with Crippen molar-refractivity contribution in [3.8, 4) is 0 Å². The summed E-state index contributed by atoms with van der Waals surface area (Å²) in [5.41, 5.74) is 1.71. The third-order valence-electron chi connectivity index (χ3n) is 2.48. The van der Waals surface area contributed by atoms with Gasteiger partial charge >= 0.3 is 5.97 Å². The van der Waals surface area contributed by atoms with Crippen molar-refractivity contribution in [3.63, 3.8) is 0 Å². The molecule has 1 aromatic rings. The lowest BCUT2D eigenvalue weighted by atomic mass is 10.1. The van der Waals surface area contributed by atoms with Gasteiger partial charge in [0.25, 0.3) is 5.91 Å². The quantitative estimate of drug-likeness (QED) is 0.776. The molecule has 0 saturated heterocycles. The summed E-state index contributed by atoms with van der Waals surface area (Å²) in [5.74, 6) is -1.03. The number of carboxylic acids is 1. The minimum atomic E-state index is -0.996. The SMILES string of the molecule is O=C(O)C=CCN1Cc2ccccc2C1=O. The fraction of sp³-hybridized carbons (Fsp3) is 0.167. The standard InChI is InChI=1S/C12H11NO3/c14-11(15)6-3-7-13-8-9-4-1-2-5-10(9)12(13)16/h1-6H,7-8H2,(H,14,15). The summed E-state index contributed by atoms with van der Waals surface area (Å²) >= 11 is 0. The van der Waals surface area contributed by atoms with E-state index in [1.807, 2.05) is 18.2 Å². The molecule has 0 aliphatic carbocycles. The molecule has 0 bridgehead atoms. The summed E-state index contributed by atoms with van der Waals surface area (Å²) in [6.07, 6.45) is 2.53. The Labute approximate surface area is 92.8 Å². The Morgan fingerprint density at radius 1 is 1.44 bits per heavy atom. The predicted octanol–water partition coefficient (Wildman–Crippen LogP) is 1.28. The number of nitrogens with zero attached hydrogens (tertiary/aromatic N) is 1. The Balaban J connectivity index is 2.08. The summed E-state index contributed by atoms with van der Waals surface area (Å²) < 4.78 is 0. The Hall–Kier alpha value is -2.10. The molecule has 0 aromatic heterocycles. The van der Waals surface area contributed by atoms with Crippen LogP contribution in [0.2, 0.25) is 0 Å². The minimum absolute atomic E-state index is 0.0364. The van der Waals surface area contributed by atoms with Crippen LogP contribution in [0.15, 0.2) is 36.4 Å². The fourth-order valence-electron chi connectivity index (χ4n) is 1.74.